The van der Waals surface area contributed by atoms with Gasteiger partial charge in [0.25, 0.3) is 0 Å². The van der Waals surface area contributed by atoms with E-state index in [2.05, 4.69) is 48.5 Å². The van der Waals surface area contributed by atoms with Crippen LogP contribution < -0.4 is 11.5 Å². The Morgan fingerprint density at radius 2 is 1.45 bits per heavy atom. The molecule has 2 aromatic rings. The maximum absolute atomic E-state index is 6.24. The first kappa shape index (κ1) is 14.8. The lowest BCUT2D eigenvalue weighted by Gasteiger charge is -2.21. The van der Waals surface area contributed by atoms with E-state index in [0.29, 0.717) is 0 Å². The molecule has 1 unspecified atom stereocenters. The fourth-order valence-electron chi connectivity index (χ4n) is 2.25. The molecule has 2 nitrogen and oxygen atoms in total. The van der Waals surface area contributed by atoms with Crippen LogP contribution >= 0.6 is 0 Å². The van der Waals surface area contributed by atoms with E-state index in [0.717, 1.165) is 12.8 Å². The molecule has 0 heterocycles. The molecule has 1 atom stereocenters. The largest absolute Gasteiger partial charge is 0.326 e. The van der Waals surface area contributed by atoms with E-state index < -0.39 is 0 Å². The minimum Gasteiger partial charge on any atom is -0.326 e. The highest BCUT2D eigenvalue weighted by Crippen LogP contribution is 2.24. The molecule has 0 bridgehead atoms. The van der Waals surface area contributed by atoms with Gasteiger partial charge in [0.2, 0.25) is 0 Å². The van der Waals surface area contributed by atoms with Crippen LogP contribution in [0.5, 0.6) is 0 Å². The van der Waals surface area contributed by atoms with Crippen LogP contribution in [0.1, 0.15) is 38.3 Å². The van der Waals surface area contributed by atoms with E-state index in [1.54, 1.807) is 0 Å². The van der Waals surface area contributed by atoms with Gasteiger partial charge in [0, 0.05) is 11.6 Å². The smallest absolute Gasteiger partial charge is 0.0295 e. The topological polar surface area (TPSA) is 52.0 Å². The van der Waals surface area contributed by atoms with Gasteiger partial charge in [0.05, 0.1) is 0 Å². The van der Waals surface area contributed by atoms with Gasteiger partial charge in [-0.05, 0) is 43.4 Å². The minimum absolute atomic E-state index is 0.0580. The molecule has 2 rings (SSSR count). The Labute approximate surface area is 121 Å². The quantitative estimate of drug-likeness (QED) is 0.865. The van der Waals surface area contributed by atoms with Crippen LogP contribution in [0.4, 0.5) is 0 Å². The highest BCUT2D eigenvalue weighted by Gasteiger charge is 2.14. The summed E-state index contributed by atoms with van der Waals surface area (Å²) < 4.78 is 0. The molecule has 0 amide bonds. The van der Waals surface area contributed by atoms with Gasteiger partial charge in [0.15, 0.2) is 0 Å². The van der Waals surface area contributed by atoms with Crippen molar-refractivity contribution in [3.8, 4) is 11.1 Å². The Kier molecular flexibility index (Phi) is 4.58. The first-order valence-corrected chi connectivity index (χ1v) is 7.15. The lowest BCUT2D eigenvalue weighted by Crippen LogP contribution is -2.32. The van der Waals surface area contributed by atoms with E-state index in [1.165, 1.54) is 16.7 Å². The van der Waals surface area contributed by atoms with Crippen molar-refractivity contribution >= 4 is 0 Å². The van der Waals surface area contributed by atoms with Crippen molar-refractivity contribution in [2.45, 2.75) is 38.3 Å². The summed E-state index contributed by atoms with van der Waals surface area (Å²) in [6.07, 6.45) is 1.84. The second-order valence-corrected chi connectivity index (χ2v) is 6.12. The lowest BCUT2D eigenvalue weighted by atomic mass is 9.93. The second-order valence-electron chi connectivity index (χ2n) is 6.12. The van der Waals surface area contributed by atoms with Gasteiger partial charge in [-0.1, -0.05) is 54.6 Å². The lowest BCUT2D eigenvalue weighted by molar-refractivity contribution is 0.433. The maximum Gasteiger partial charge on any atom is 0.0295 e. The fraction of sp³-hybridized carbons (Fsp3) is 0.333. The Morgan fingerprint density at radius 1 is 0.900 bits per heavy atom. The predicted molar refractivity (Wildman–Crippen MR) is 86.3 cm³/mol. The van der Waals surface area contributed by atoms with E-state index in [-0.39, 0.29) is 11.6 Å². The SMILES string of the molecule is CC(C)(N)CCC(N)c1ccc(-c2ccccc2)cc1. The molecule has 0 aliphatic rings. The van der Waals surface area contributed by atoms with E-state index in [9.17, 15) is 0 Å². The summed E-state index contributed by atoms with van der Waals surface area (Å²) >= 11 is 0. The summed E-state index contributed by atoms with van der Waals surface area (Å²) in [5.41, 5.74) is 15.7. The zero-order valence-electron chi connectivity index (χ0n) is 12.3. The molecule has 0 aliphatic heterocycles. The third-order valence-corrected chi connectivity index (χ3v) is 3.55. The molecule has 0 spiro atoms. The number of hydrogen-bond acceptors (Lipinski definition) is 2. The monoisotopic (exact) mass is 268 g/mol. The standard InChI is InChI=1S/C18H24N2/c1-18(2,20)13-12-17(19)16-10-8-15(9-11-16)14-6-4-3-5-7-14/h3-11,17H,12-13,19-20H2,1-2H3. The molecule has 2 heteroatoms. The van der Waals surface area contributed by atoms with Crippen LogP contribution in [-0.2, 0) is 0 Å². The summed E-state index contributed by atoms with van der Waals surface area (Å²) in [7, 11) is 0. The summed E-state index contributed by atoms with van der Waals surface area (Å²) in [5.74, 6) is 0. The van der Waals surface area contributed by atoms with Gasteiger partial charge in [-0.25, -0.2) is 0 Å². The van der Waals surface area contributed by atoms with Gasteiger partial charge in [-0.2, -0.15) is 0 Å². The van der Waals surface area contributed by atoms with Crippen LogP contribution in [0, 0.1) is 0 Å². The van der Waals surface area contributed by atoms with Crippen LogP contribution in [-0.4, -0.2) is 5.54 Å². The van der Waals surface area contributed by atoms with E-state index in [4.69, 9.17) is 11.5 Å². The molecular formula is C18H24N2. The van der Waals surface area contributed by atoms with Crippen molar-refractivity contribution in [1.82, 2.24) is 0 Å². The summed E-state index contributed by atoms with van der Waals surface area (Å²) in [6, 6.07) is 18.9. The number of nitrogens with two attached hydrogens (primary N) is 2. The van der Waals surface area contributed by atoms with Crippen LogP contribution in [0.2, 0.25) is 0 Å². The second kappa shape index (κ2) is 6.21. The van der Waals surface area contributed by atoms with Crippen LogP contribution in [0.3, 0.4) is 0 Å². The first-order valence-electron chi connectivity index (χ1n) is 7.15. The Bertz CT molecular complexity index is 524. The highest BCUT2D eigenvalue weighted by atomic mass is 14.7. The third kappa shape index (κ3) is 4.19. The molecule has 106 valence electrons. The van der Waals surface area contributed by atoms with Crippen molar-refractivity contribution in [2.24, 2.45) is 11.5 Å². The molecule has 4 N–H and O–H groups in total. The highest BCUT2D eigenvalue weighted by molar-refractivity contribution is 5.63. The molecule has 0 saturated heterocycles. The minimum atomic E-state index is -0.151. The van der Waals surface area contributed by atoms with Crippen molar-refractivity contribution in [1.29, 1.82) is 0 Å². The molecular weight excluding hydrogens is 244 g/mol. The van der Waals surface area contributed by atoms with E-state index >= 15 is 0 Å². The summed E-state index contributed by atoms with van der Waals surface area (Å²) in [5, 5.41) is 0. The first-order chi connectivity index (χ1) is 9.46. The zero-order valence-corrected chi connectivity index (χ0v) is 12.3. The molecule has 0 saturated carbocycles. The average molecular weight is 268 g/mol. The van der Waals surface area contributed by atoms with Crippen molar-refractivity contribution in [2.75, 3.05) is 0 Å². The van der Waals surface area contributed by atoms with Gasteiger partial charge in [-0.3, -0.25) is 0 Å². The third-order valence-electron chi connectivity index (χ3n) is 3.55. The molecule has 0 aromatic heterocycles. The van der Waals surface area contributed by atoms with Crippen molar-refractivity contribution in [3.05, 3.63) is 60.2 Å². The van der Waals surface area contributed by atoms with Gasteiger partial charge in [-0.15, -0.1) is 0 Å². The normalized spacial score (nSPS) is 13.2. The Hall–Kier alpha value is -1.64. The average Bonchev–Trinajstić information content (AvgIpc) is 2.45. The van der Waals surface area contributed by atoms with Gasteiger partial charge < -0.3 is 11.5 Å². The summed E-state index contributed by atoms with van der Waals surface area (Å²) in [4.78, 5) is 0. The Balaban J connectivity index is 2.05. The molecule has 0 fully saturated rings. The molecule has 0 radical (unpaired) electrons. The summed E-state index contributed by atoms with van der Waals surface area (Å²) in [6.45, 7) is 4.08. The van der Waals surface area contributed by atoms with Crippen molar-refractivity contribution in [3.63, 3.8) is 0 Å². The molecule has 2 aromatic carbocycles. The Morgan fingerprint density at radius 3 is 2.00 bits per heavy atom. The predicted octanol–water partition coefficient (Wildman–Crippen LogP) is 3.87. The zero-order chi connectivity index (χ0) is 14.6. The number of hydrogen-bond donors (Lipinski definition) is 2. The maximum atomic E-state index is 6.24. The van der Waals surface area contributed by atoms with Gasteiger partial charge in [0.1, 0.15) is 0 Å². The van der Waals surface area contributed by atoms with Crippen molar-refractivity contribution < 1.29 is 0 Å². The van der Waals surface area contributed by atoms with Crippen LogP contribution in [0.25, 0.3) is 11.1 Å². The fourth-order valence-corrected chi connectivity index (χ4v) is 2.25. The van der Waals surface area contributed by atoms with Crippen LogP contribution in [0.15, 0.2) is 54.6 Å². The molecule has 20 heavy (non-hydrogen) atoms. The molecule has 0 aliphatic carbocycles. The number of rotatable bonds is 5. The van der Waals surface area contributed by atoms with Gasteiger partial charge >= 0.3 is 0 Å². The number of benzene rings is 2. The van der Waals surface area contributed by atoms with E-state index in [1.807, 2.05) is 19.9 Å².